The highest BCUT2D eigenvalue weighted by Crippen LogP contribution is 2.55. The molecule has 0 saturated heterocycles. The van der Waals surface area contributed by atoms with Gasteiger partial charge in [0.15, 0.2) is 0 Å². The van der Waals surface area contributed by atoms with Gasteiger partial charge in [0.2, 0.25) is 0 Å². The van der Waals surface area contributed by atoms with Crippen LogP contribution in [0.3, 0.4) is 0 Å². The molecule has 0 atom stereocenters. The highest BCUT2D eigenvalue weighted by Gasteiger charge is 2.50. The third kappa shape index (κ3) is 2.46. The number of pyridine rings is 1. The molecule has 1 aromatic heterocycles. The zero-order valence-corrected chi connectivity index (χ0v) is 12.2. The highest BCUT2D eigenvalue weighted by atomic mass is 16.4. The van der Waals surface area contributed by atoms with Gasteiger partial charge < -0.3 is 10.4 Å². The Hall–Kier alpha value is -1.42. The summed E-state index contributed by atoms with van der Waals surface area (Å²) >= 11 is 0. The summed E-state index contributed by atoms with van der Waals surface area (Å²) in [4.78, 5) is 15.2. The molecule has 2 N–H and O–H groups in total. The van der Waals surface area contributed by atoms with Gasteiger partial charge in [0.25, 0.3) is 0 Å². The monoisotopic (exact) mass is 286 g/mol. The van der Waals surface area contributed by atoms with Crippen molar-refractivity contribution in [3.8, 4) is 0 Å². The van der Waals surface area contributed by atoms with Crippen molar-refractivity contribution in [1.29, 1.82) is 0 Å². The third-order valence-electron chi connectivity index (χ3n) is 5.71. The molecule has 0 spiro atoms. The molecule has 4 bridgehead atoms. The number of hydrogen-bond acceptors (Lipinski definition) is 3. The van der Waals surface area contributed by atoms with Crippen LogP contribution in [-0.2, 0) is 6.54 Å². The van der Waals surface area contributed by atoms with E-state index in [1.54, 1.807) is 12.1 Å². The first kappa shape index (κ1) is 13.3. The predicted molar refractivity (Wildman–Crippen MR) is 78.9 cm³/mol. The molecule has 21 heavy (non-hydrogen) atoms. The van der Waals surface area contributed by atoms with E-state index in [0.29, 0.717) is 12.1 Å². The Morgan fingerprint density at radius 2 is 1.81 bits per heavy atom. The number of aromatic carboxylic acids is 1. The molecular formula is C17H22N2O2. The molecular weight excluding hydrogens is 264 g/mol. The van der Waals surface area contributed by atoms with Crippen molar-refractivity contribution in [3.05, 3.63) is 29.6 Å². The van der Waals surface area contributed by atoms with E-state index in [9.17, 15) is 4.79 Å². The van der Waals surface area contributed by atoms with Crippen molar-refractivity contribution < 1.29 is 9.90 Å². The maximum absolute atomic E-state index is 11.0. The summed E-state index contributed by atoms with van der Waals surface area (Å²) in [7, 11) is 0. The van der Waals surface area contributed by atoms with Gasteiger partial charge in [0.05, 0.1) is 5.69 Å². The van der Waals surface area contributed by atoms with E-state index < -0.39 is 5.97 Å². The Kier molecular flexibility index (Phi) is 3.03. The first-order valence-corrected chi connectivity index (χ1v) is 8.06. The lowest BCUT2D eigenvalue weighted by Crippen LogP contribution is -2.58. The Labute approximate surface area is 125 Å². The van der Waals surface area contributed by atoms with Crippen molar-refractivity contribution in [2.24, 2.45) is 17.8 Å². The summed E-state index contributed by atoms with van der Waals surface area (Å²) < 4.78 is 0. The van der Waals surface area contributed by atoms with Crippen LogP contribution in [-0.4, -0.2) is 21.6 Å². The fraction of sp³-hybridized carbons (Fsp3) is 0.647. The van der Waals surface area contributed by atoms with Gasteiger partial charge in [-0.25, -0.2) is 9.78 Å². The molecule has 4 fully saturated rings. The largest absolute Gasteiger partial charge is 0.477 e. The lowest BCUT2D eigenvalue weighted by Gasteiger charge is -2.57. The molecule has 4 nitrogen and oxygen atoms in total. The molecule has 0 amide bonds. The van der Waals surface area contributed by atoms with Crippen molar-refractivity contribution in [2.75, 3.05) is 0 Å². The average Bonchev–Trinajstić information content (AvgIpc) is 2.44. The number of nitrogens with one attached hydrogen (secondary N) is 1. The first-order valence-electron chi connectivity index (χ1n) is 8.06. The second-order valence-corrected chi connectivity index (χ2v) is 7.37. The van der Waals surface area contributed by atoms with Crippen LogP contribution in [0, 0.1) is 17.8 Å². The Balaban J connectivity index is 1.47. The number of hydrogen-bond donors (Lipinski definition) is 2. The molecule has 112 valence electrons. The molecule has 1 aromatic rings. The zero-order valence-electron chi connectivity index (χ0n) is 12.2. The van der Waals surface area contributed by atoms with Crippen LogP contribution in [0.15, 0.2) is 18.2 Å². The van der Waals surface area contributed by atoms with Crippen LogP contribution in [0.4, 0.5) is 0 Å². The van der Waals surface area contributed by atoms with Gasteiger partial charge in [-0.2, -0.15) is 0 Å². The van der Waals surface area contributed by atoms with Gasteiger partial charge in [0, 0.05) is 12.1 Å². The van der Waals surface area contributed by atoms with Gasteiger partial charge in [-0.1, -0.05) is 6.07 Å². The van der Waals surface area contributed by atoms with Crippen LogP contribution in [0.25, 0.3) is 0 Å². The zero-order chi connectivity index (χ0) is 14.4. The van der Waals surface area contributed by atoms with Gasteiger partial charge >= 0.3 is 5.97 Å². The maximum atomic E-state index is 11.0. The first-order chi connectivity index (χ1) is 10.1. The van der Waals surface area contributed by atoms with E-state index in [4.69, 9.17) is 5.11 Å². The Bertz CT molecular complexity index is 534. The van der Waals surface area contributed by atoms with Crippen LogP contribution in [0.5, 0.6) is 0 Å². The average molecular weight is 286 g/mol. The van der Waals surface area contributed by atoms with E-state index in [1.165, 1.54) is 38.5 Å². The number of rotatable bonds is 4. The van der Waals surface area contributed by atoms with Crippen LogP contribution in [0.2, 0.25) is 0 Å². The smallest absolute Gasteiger partial charge is 0.354 e. The number of nitrogens with zero attached hydrogens (tertiary/aromatic N) is 1. The normalized spacial score (nSPS) is 36.9. The number of carboxylic acids is 1. The molecule has 0 aliphatic heterocycles. The molecule has 4 aliphatic rings. The number of carbonyl (C=O) groups is 1. The topological polar surface area (TPSA) is 62.2 Å². The summed E-state index contributed by atoms with van der Waals surface area (Å²) in [6, 6.07) is 5.25. The molecule has 0 aromatic carbocycles. The molecule has 0 radical (unpaired) electrons. The minimum Gasteiger partial charge on any atom is -0.477 e. The van der Waals surface area contributed by atoms with Crippen molar-refractivity contribution >= 4 is 5.97 Å². The SMILES string of the molecule is O=C(O)c1cccc(CNC23CC4CC(CC(C4)C2)C3)n1. The van der Waals surface area contributed by atoms with Gasteiger partial charge in [0.1, 0.15) is 5.69 Å². The van der Waals surface area contributed by atoms with E-state index in [1.807, 2.05) is 6.07 Å². The summed E-state index contributed by atoms with van der Waals surface area (Å²) in [5.41, 5.74) is 1.28. The third-order valence-corrected chi connectivity index (χ3v) is 5.71. The number of carboxylic acid groups (broad SMARTS) is 1. The van der Waals surface area contributed by atoms with Gasteiger partial charge in [-0.15, -0.1) is 0 Å². The lowest BCUT2D eigenvalue weighted by atomic mass is 9.53. The molecule has 1 heterocycles. The van der Waals surface area contributed by atoms with Crippen LogP contribution in [0.1, 0.15) is 54.7 Å². The second-order valence-electron chi connectivity index (χ2n) is 7.37. The van der Waals surface area contributed by atoms with Crippen LogP contribution >= 0.6 is 0 Å². The van der Waals surface area contributed by atoms with Crippen LogP contribution < -0.4 is 5.32 Å². The van der Waals surface area contributed by atoms with Crippen molar-refractivity contribution in [3.63, 3.8) is 0 Å². The molecule has 4 saturated carbocycles. The summed E-state index contributed by atoms with van der Waals surface area (Å²) in [6.45, 7) is 0.688. The van der Waals surface area contributed by atoms with Crippen molar-refractivity contribution in [2.45, 2.75) is 50.6 Å². The van der Waals surface area contributed by atoms with Gasteiger partial charge in [-0.3, -0.25) is 0 Å². The summed E-state index contributed by atoms with van der Waals surface area (Å²) in [6.07, 6.45) is 8.22. The highest BCUT2D eigenvalue weighted by molar-refractivity contribution is 5.85. The fourth-order valence-electron chi connectivity index (χ4n) is 5.30. The number of aromatic nitrogens is 1. The van der Waals surface area contributed by atoms with E-state index >= 15 is 0 Å². The second kappa shape index (κ2) is 4.80. The standard InChI is InChI=1S/C17H22N2O2/c20-16(21)15-3-1-2-14(19-15)10-18-17-7-11-4-12(8-17)6-13(5-11)9-17/h1-3,11-13,18H,4-10H2,(H,20,21). The predicted octanol–water partition coefficient (Wildman–Crippen LogP) is 2.84. The Morgan fingerprint density at radius 1 is 1.19 bits per heavy atom. The van der Waals surface area contributed by atoms with E-state index in [0.717, 1.165) is 23.4 Å². The fourth-order valence-corrected chi connectivity index (χ4v) is 5.30. The molecule has 4 aliphatic carbocycles. The molecule has 5 rings (SSSR count). The quantitative estimate of drug-likeness (QED) is 0.893. The minimum atomic E-state index is -0.952. The summed E-state index contributed by atoms with van der Waals surface area (Å²) in [5, 5.41) is 12.8. The molecule has 4 heteroatoms. The lowest BCUT2D eigenvalue weighted by molar-refractivity contribution is -0.0207. The van der Waals surface area contributed by atoms with E-state index in [2.05, 4.69) is 10.3 Å². The minimum absolute atomic E-state index is 0.139. The van der Waals surface area contributed by atoms with E-state index in [-0.39, 0.29) is 5.69 Å². The van der Waals surface area contributed by atoms with Gasteiger partial charge in [-0.05, 0) is 68.4 Å². The maximum Gasteiger partial charge on any atom is 0.354 e. The molecule has 0 unspecified atom stereocenters. The summed E-state index contributed by atoms with van der Waals surface area (Å²) in [5.74, 6) is 1.80. The van der Waals surface area contributed by atoms with Crippen molar-refractivity contribution in [1.82, 2.24) is 10.3 Å². The Morgan fingerprint density at radius 3 is 2.38 bits per heavy atom.